The van der Waals surface area contributed by atoms with E-state index in [1.165, 1.54) is 0 Å². The zero-order chi connectivity index (χ0) is 17.7. The fourth-order valence-corrected chi connectivity index (χ4v) is 4.36. The number of amides is 1. The van der Waals surface area contributed by atoms with Crippen LogP contribution in [0.5, 0.6) is 0 Å². The van der Waals surface area contributed by atoms with E-state index >= 15 is 0 Å². The van der Waals surface area contributed by atoms with Crippen LogP contribution >= 0.6 is 11.6 Å². The standard InChI is InChI=1S/C17H25ClN2O3S/c1-13(2)11-16(17(21)20-9-3-4-10-20)19-24(22,23)12-14-5-7-15(18)8-6-14/h5-8,13,16,19H,3-4,9-12H2,1-2H3/t16-/m1/s1. The lowest BCUT2D eigenvalue weighted by Crippen LogP contribution is -2.48. The first-order valence-corrected chi connectivity index (χ1v) is 10.3. The fraction of sp³-hybridized carbons (Fsp3) is 0.588. The molecule has 0 bridgehead atoms. The van der Waals surface area contributed by atoms with Crippen molar-refractivity contribution in [3.05, 3.63) is 34.9 Å². The van der Waals surface area contributed by atoms with Crippen LogP contribution in [-0.4, -0.2) is 38.4 Å². The highest BCUT2D eigenvalue weighted by Gasteiger charge is 2.30. The summed E-state index contributed by atoms with van der Waals surface area (Å²) in [5.41, 5.74) is 0.642. The molecule has 2 rings (SSSR count). The number of nitrogens with one attached hydrogen (secondary N) is 1. The molecule has 1 aliphatic rings. The van der Waals surface area contributed by atoms with Crippen LogP contribution in [0.3, 0.4) is 0 Å². The minimum absolute atomic E-state index is 0.110. The second-order valence-corrected chi connectivity index (χ2v) is 8.91. The summed E-state index contributed by atoms with van der Waals surface area (Å²) >= 11 is 5.82. The Morgan fingerprint density at radius 3 is 2.33 bits per heavy atom. The first kappa shape index (κ1) is 19.2. The quantitative estimate of drug-likeness (QED) is 0.800. The van der Waals surface area contributed by atoms with Gasteiger partial charge in [0.25, 0.3) is 0 Å². The average Bonchev–Trinajstić information content (AvgIpc) is 3.01. The molecule has 1 heterocycles. The molecule has 1 amide bonds. The molecule has 0 aromatic heterocycles. The van der Waals surface area contributed by atoms with Crippen molar-refractivity contribution in [3.8, 4) is 0 Å². The normalized spacial score (nSPS) is 16.6. The van der Waals surface area contributed by atoms with Crippen molar-refractivity contribution >= 4 is 27.5 Å². The highest BCUT2D eigenvalue weighted by molar-refractivity contribution is 7.88. The van der Waals surface area contributed by atoms with E-state index < -0.39 is 16.1 Å². The first-order valence-electron chi connectivity index (χ1n) is 8.30. The van der Waals surface area contributed by atoms with Crippen molar-refractivity contribution in [1.29, 1.82) is 0 Å². The molecule has 1 N–H and O–H groups in total. The number of halogens is 1. The van der Waals surface area contributed by atoms with Crippen LogP contribution in [0.1, 0.15) is 38.7 Å². The molecule has 24 heavy (non-hydrogen) atoms. The Kier molecular flexibility index (Phi) is 6.66. The van der Waals surface area contributed by atoms with Gasteiger partial charge in [0, 0.05) is 18.1 Å². The summed E-state index contributed by atoms with van der Waals surface area (Å²) in [6.45, 7) is 5.40. The van der Waals surface area contributed by atoms with Gasteiger partial charge in [0.15, 0.2) is 0 Å². The Labute approximate surface area is 149 Å². The van der Waals surface area contributed by atoms with Gasteiger partial charge in [0.1, 0.15) is 6.04 Å². The highest BCUT2D eigenvalue weighted by Crippen LogP contribution is 2.16. The molecule has 0 radical (unpaired) electrons. The van der Waals surface area contributed by atoms with Gasteiger partial charge in [-0.3, -0.25) is 4.79 Å². The molecular weight excluding hydrogens is 348 g/mol. The zero-order valence-electron chi connectivity index (χ0n) is 14.2. The number of carbonyl (C=O) groups is 1. The smallest absolute Gasteiger partial charge is 0.240 e. The van der Waals surface area contributed by atoms with E-state index in [0.29, 0.717) is 30.1 Å². The number of nitrogens with zero attached hydrogens (tertiary/aromatic N) is 1. The van der Waals surface area contributed by atoms with E-state index in [0.717, 1.165) is 12.8 Å². The zero-order valence-corrected chi connectivity index (χ0v) is 15.7. The molecule has 5 nitrogen and oxygen atoms in total. The van der Waals surface area contributed by atoms with Gasteiger partial charge in [0.05, 0.1) is 5.75 Å². The Bertz CT molecular complexity index is 653. The van der Waals surface area contributed by atoms with Crippen LogP contribution in [-0.2, 0) is 20.6 Å². The monoisotopic (exact) mass is 372 g/mol. The third kappa shape index (κ3) is 5.76. The van der Waals surface area contributed by atoms with Gasteiger partial charge in [-0.1, -0.05) is 37.6 Å². The van der Waals surface area contributed by atoms with Crippen molar-refractivity contribution in [3.63, 3.8) is 0 Å². The third-order valence-corrected chi connectivity index (χ3v) is 5.62. The predicted molar refractivity (Wildman–Crippen MR) is 96.3 cm³/mol. The minimum Gasteiger partial charge on any atom is -0.341 e. The van der Waals surface area contributed by atoms with E-state index in [9.17, 15) is 13.2 Å². The molecule has 1 atom stereocenters. The maximum Gasteiger partial charge on any atom is 0.240 e. The van der Waals surface area contributed by atoms with Crippen LogP contribution in [0.2, 0.25) is 5.02 Å². The second kappa shape index (κ2) is 8.32. The Balaban J connectivity index is 2.08. The van der Waals surface area contributed by atoms with Crippen molar-refractivity contribution in [1.82, 2.24) is 9.62 Å². The molecule has 0 saturated carbocycles. The molecule has 1 aliphatic heterocycles. The second-order valence-electron chi connectivity index (χ2n) is 6.72. The van der Waals surface area contributed by atoms with E-state index in [4.69, 9.17) is 11.6 Å². The molecule has 1 aromatic carbocycles. The molecule has 134 valence electrons. The Morgan fingerprint density at radius 2 is 1.79 bits per heavy atom. The summed E-state index contributed by atoms with van der Waals surface area (Å²) in [4.78, 5) is 14.4. The number of benzene rings is 1. The summed E-state index contributed by atoms with van der Waals surface area (Å²) in [5, 5.41) is 0.561. The van der Waals surface area contributed by atoms with E-state index in [1.54, 1.807) is 29.2 Å². The summed E-state index contributed by atoms with van der Waals surface area (Å²) < 4.78 is 27.6. The maximum atomic E-state index is 12.6. The molecule has 0 aliphatic carbocycles. The number of sulfonamides is 1. The Hall–Kier alpha value is -1.11. The van der Waals surface area contributed by atoms with Gasteiger partial charge in [-0.15, -0.1) is 0 Å². The first-order chi connectivity index (χ1) is 11.3. The maximum absolute atomic E-state index is 12.6. The summed E-state index contributed by atoms with van der Waals surface area (Å²) in [7, 11) is -3.61. The fourth-order valence-electron chi connectivity index (χ4n) is 2.89. The van der Waals surface area contributed by atoms with Crippen LogP contribution < -0.4 is 4.72 Å². The van der Waals surface area contributed by atoms with E-state index in [1.807, 2.05) is 13.8 Å². The van der Waals surface area contributed by atoms with Gasteiger partial charge in [-0.25, -0.2) is 13.1 Å². The van der Waals surface area contributed by atoms with Gasteiger partial charge in [-0.05, 0) is 42.9 Å². The molecule has 0 spiro atoms. The van der Waals surface area contributed by atoms with Gasteiger partial charge in [-0.2, -0.15) is 0 Å². The van der Waals surface area contributed by atoms with Crippen molar-refractivity contribution in [2.45, 2.75) is 44.9 Å². The van der Waals surface area contributed by atoms with Gasteiger partial charge >= 0.3 is 0 Å². The number of likely N-dealkylation sites (tertiary alicyclic amines) is 1. The molecule has 1 saturated heterocycles. The topological polar surface area (TPSA) is 66.5 Å². The van der Waals surface area contributed by atoms with E-state index in [2.05, 4.69) is 4.72 Å². The van der Waals surface area contributed by atoms with Gasteiger partial charge in [0.2, 0.25) is 15.9 Å². The summed E-state index contributed by atoms with van der Waals surface area (Å²) in [5.74, 6) is -0.0489. The summed E-state index contributed by atoms with van der Waals surface area (Å²) in [6, 6.07) is 5.99. The average molecular weight is 373 g/mol. The number of rotatable bonds is 7. The van der Waals surface area contributed by atoms with E-state index in [-0.39, 0.29) is 17.6 Å². The van der Waals surface area contributed by atoms with Crippen molar-refractivity contribution < 1.29 is 13.2 Å². The number of hydrogen-bond acceptors (Lipinski definition) is 3. The molecule has 0 unspecified atom stereocenters. The highest BCUT2D eigenvalue weighted by atomic mass is 35.5. The lowest BCUT2D eigenvalue weighted by molar-refractivity contribution is -0.132. The number of hydrogen-bond donors (Lipinski definition) is 1. The number of carbonyl (C=O) groups excluding carboxylic acids is 1. The predicted octanol–water partition coefficient (Wildman–Crippen LogP) is 2.80. The van der Waals surface area contributed by atoms with Gasteiger partial charge < -0.3 is 4.90 Å². The third-order valence-electron chi connectivity index (χ3n) is 4.01. The van der Waals surface area contributed by atoms with Crippen LogP contribution in [0.4, 0.5) is 0 Å². The van der Waals surface area contributed by atoms with Crippen LogP contribution in [0.25, 0.3) is 0 Å². The molecule has 1 fully saturated rings. The van der Waals surface area contributed by atoms with Crippen LogP contribution in [0.15, 0.2) is 24.3 Å². The lowest BCUT2D eigenvalue weighted by atomic mass is 10.0. The molecule has 7 heteroatoms. The van der Waals surface area contributed by atoms with Crippen molar-refractivity contribution in [2.75, 3.05) is 13.1 Å². The SMILES string of the molecule is CC(C)C[C@@H](NS(=O)(=O)Cc1ccc(Cl)cc1)C(=O)N1CCCC1. The largest absolute Gasteiger partial charge is 0.341 e. The molecular formula is C17H25ClN2O3S. The summed E-state index contributed by atoms with van der Waals surface area (Å²) in [6.07, 6.45) is 2.46. The lowest BCUT2D eigenvalue weighted by Gasteiger charge is -2.25. The Morgan fingerprint density at radius 1 is 1.21 bits per heavy atom. The molecule has 1 aromatic rings. The minimum atomic E-state index is -3.61. The van der Waals surface area contributed by atoms with Crippen LogP contribution in [0, 0.1) is 5.92 Å². The van der Waals surface area contributed by atoms with Crippen molar-refractivity contribution in [2.24, 2.45) is 5.92 Å².